The number of amides is 2. The Morgan fingerprint density at radius 2 is 1.70 bits per heavy atom. The van der Waals surface area contributed by atoms with E-state index in [-0.39, 0.29) is 23.3 Å². The minimum absolute atomic E-state index is 0.249. The number of rotatable bonds is 8. The number of carbonyl (C=O) groups excluding carboxylic acids is 3. The molecule has 0 saturated heterocycles. The summed E-state index contributed by atoms with van der Waals surface area (Å²) in [5.74, 6) is -1.14. The third kappa shape index (κ3) is 5.64. The lowest BCUT2D eigenvalue weighted by molar-refractivity contribution is -0.134. The molecule has 0 unspecified atom stereocenters. The number of nitrogens with zero attached hydrogens (tertiary/aromatic N) is 3. The van der Waals surface area contributed by atoms with Gasteiger partial charge in [-0.2, -0.15) is 5.10 Å². The quantitative estimate of drug-likeness (QED) is 0.191. The number of fused-ring (bicyclic) bond motifs is 1. The Labute approximate surface area is 255 Å². The molecule has 2 heterocycles. The van der Waals surface area contributed by atoms with Crippen molar-refractivity contribution in [3.63, 3.8) is 0 Å². The Hall–Kier alpha value is -4.73. The van der Waals surface area contributed by atoms with Crippen molar-refractivity contribution in [3.8, 4) is 11.3 Å². The van der Waals surface area contributed by atoms with Crippen LogP contribution < -0.4 is 10.6 Å². The minimum Gasteiger partial charge on any atom is -0.466 e. The molecule has 4 aromatic rings. The summed E-state index contributed by atoms with van der Waals surface area (Å²) in [6.07, 6.45) is 10.3. The van der Waals surface area contributed by atoms with Crippen molar-refractivity contribution in [2.45, 2.75) is 62.8 Å². The molecular weight excluding hydrogens is 561 g/mol. The normalized spacial score (nSPS) is 16.5. The maximum Gasteiger partial charge on any atom is 0.330 e. The van der Waals surface area contributed by atoms with Gasteiger partial charge in [-0.15, -0.1) is 0 Å². The first-order valence-corrected chi connectivity index (χ1v) is 15.1. The number of carbonyl (C=O) groups is 3. The number of hydrogen-bond donors (Lipinski definition) is 2. The SMILES string of the molecule is COC(=O)C=Cc1ccc(NC(=O)C2(NC(=O)c3cc4n(C)c(-c5ccc(F)cc5)c(C5CCCCC5)n4n3)CCC2)cc1. The van der Waals surface area contributed by atoms with Crippen LogP contribution in [-0.2, 0) is 21.4 Å². The number of nitrogens with one attached hydrogen (secondary N) is 2. The standard InChI is InChI=1S/C34H36FN5O4/c1-39-28-21-27(38-40(28)31(23-7-4-3-5-8-23)30(39)24-12-14-25(35)15-13-24)32(42)37-34(19-6-20-34)33(43)36-26-16-9-22(10-17-26)11-18-29(41)44-2/h9-18,21,23H,3-8,19-20H2,1-2H3,(H,36,43)(H,37,42). The number of methoxy groups -OCH3 is 1. The Bertz CT molecular complexity index is 1730. The van der Waals surface area contributed by atoms with Crippen LogP contribution in [-0.4, -0.2) is 44.6 Å². The van der Waals surface area contributed by atoms with Gasteiger partial charge in [-0.1, -0.05) is 31.4 Å². The second-order valence-electron chi connectivity index (χ2n) is 11.8. The number of esters is 1. The highest BCUT2D eigenvalue weighted by molar-refractivity contribution is 6.04. The third-order valence-electron chi connectivity index (χ3n) is 8.96. The van der Waals surface area contributed by atoms with Gasteiger partial charge in [-0.3, -0.25) is 9.59 Å². The van der Waals surface area contributed by atoms with Gasteiger partial charge in [0.05, 0.1) is 18.5 Å². The number of ether oxygens (including phenoxy) is 1. The van der Waals surface area contributed by atoms with E-state index in [1.54, 1.807) is 48.5 Å². The average Bonchev–Trinajstić information content (AvgIpc) is 3.57. The summed E-state index contributed by atoms with van der Waals surface area (Å²) in [4.78, 5) is 38.4. The average molecular weight is 598 g/mol. The summed E-state index contributed by atoms with van der Waals surface area (Å²) in [6.45, 7) is 0. The number of aryl methyl sites for hydroxylation is 1. The smallest absolute Gasteiger partial charge is 0.330 e. The van der Waals surface area contributed by atoms with Gasteiger partial charge in [0.25, 0.3) is 5.91 Å². The van der Waals surface area contributed by atoms with Crippen LogP contribution >= 0.6 is 0 Å². The molecule has 228 valence electrons. The second kappa shape index (κ2) is 12.1. The summed E-state index contributed by atoms with van der Waals surface area (Å²) in [5.41, 5.74) is 4.28. The zero-order valence-electron chi connectivity index (χ0n) is 24.9. The zero-order valence-corrected chi connectivity index (χ0v) is 24.9. The summed E-state index contributed by atoms with van der Waals surface area (Å²) >= 11 is 0. The summed E-state index contributed by atoms with van der Waals surface area (Å²) < 4.78 is 22.3. The molecule has 2 aliphatic rings. The van der Waals surface area contributed by atoms with Crippen LogP contribution in [0.25, 0.3) is 23.0 Å². The van der Waals surface area contributed by atoms with Gasteiger partial charge in [0.15, 0.2) is 5.69 Å². The molecule has 44 heavy (non-hydrogen) atoms. The second-order valence-corrected chi connectivity index (χ2v) is 11.8. The van der Waals surface area contributed by atoms with Crippen LogP contribution in [0.4, 0.5) is 10.1 Å². The van der Waals surface area contributed by atoms with E-state index in [9.17, 15) is 18.8 Å². The van der Waals surface area contributed by atoms with E-state index in [0.29, 0.717) is 18.5 Å². The molecule has 0 spiro atoms. The Morgan fingerprint density at radius 1 is 1.00 bits per heavy atom. The van der Waals surface area contributed by atoms with E-state index in [1.807, 2.05) is 16.1 Å². The molecule has 6 rings (SSSR count). The van der Waals surface area contributed by atoms with Crippen molar-refractivity contribution >= 4 is 35.2 Å². The van der Waals surface area contributed by atoms with Crippen LogP contribution in [0.5, 0.6) is 0 Å². The van der Waals surface area contributed by atoms with Crippen LogP contribution in [0.15, 0.2) is 60.7 Å². The maximum atomic E-state index is 13.8. The molecule has 2 saturated carbocycles. The van der Waals surface area contributed by atoms with Gasteiger partial charge in [0.1, 0.15) is 17.0 Å². The number of aromatic nitrogens is 3. The number of benzene rings is 2. The lowest BCUT2D eigenvalue weighted by Gasteiger charge is -2.40. The van der Waals surface area contributed by atoms with Gasteiger partial charge >= 0.3 is 5.97 Å². The summed E-state index contributed by atoms with van der Waals surface area (Å²) in [5, 5.41) is 10.7. The minimum atomic E-state index is -1.03. The number of hydrogen-bond acceptors (Lipinski definition) is 5. The molecule has 2 N–H and O–H groups in total. The first-order valence-electron chi connectivity index (χ1n) is 15.1. The molecule has 10 heteroatoms. The molecule has 9 nitrogen and oxygen atoms in total. The van der Waals surface area contributed by atoms with Gasteiger partial charge in [0, 0.05) is 36.4 Å². The van der Waals surface area contributed by atoms with E-state index in [0.717, 1.165) is 60.3 Å². The molecule has 2 aromatic heterocycles. The van der Waals surface area contributed by atoms with E-state index < -0.39 is 17.4 Å². The van der Waals surface area contributed by atoms with Crippen LogP contribution in [0.3, 0.4) is 0 Å². The predicted molar refractivity (Wildman–Crippen MR) is 166 cm³/mol. The molecule has 0 atom stereocenters. The lowest BCUT2D eigenvalue weighted by atomic mass is 9.75. The summed E-state index contributed by atoms with van der Waals surface area (Å²) in [6, 6.07) is 15.3. The molecule has 0 aliphatic heterocycles. The third-order valence-corrected chi connectivity index (χ3v) is 8.96. The fourth-order valence-electron chi connectivity index (χ4n) is 6.36. The van der Waals surface area contributed by atoms with Gasteiger partial charge in [-0.05, 0) is 80.1 Å². The van der Waals surface area contributed by atoms with Crippen molar-refractivity contribution in [1.29, 1.82) is 0 Å². The molecule has 2 aromatic carbocycles. The monoisotopic (exact) mass is 597 g/mol. The first kappa shape index (κ1) is 29.3. The van der Waals surface area contributed by atoms with Crippen molar-refractivity contribution in [2.24, 2.45) is 7.05 Å². The van der Waals surface area contributed by atoms with Gasteiger partial charge in [0.2, 0.25) is 5.91 Å². The van der Waals surface area contributed by atoms with E-state index in [2.05, 4.69) is 15.4 Å². The molecule has 2 fully saturated rings. The van der Waals surface area contributed by atoms with Crippen LogP contribution in [0, 0.1) is 5.82 Å². The van der Waals surface area contributed by atoms with Crippen molar-refractivity contribution < 1.29 is 23.5 Å². The predicted octanol–water partition coefficient (Wildman–Crippen LogP) is 6.00. The van der Waals surface area contributed by atoms with Gasteiger partial charge in [-0.25, -0.2) is 13.7 Å². The van der Waals surface area contributed by atoms with Crippen LogP contribution in [0.1, 0.15) is 79.0 Å². The molecular formula is C34H36FN5O4. The van der Waals surface area contributed by atoms with Crippen molar-refractivity contribution in [3.05, 3.63) is 83.4 Å². The highest BCUT2D eigenvalue weighted by atomic mass is 19.1. The number of anilines is 1. The Kier molecular flexibility index (Phi) is 8.07. The molecule has 2 aliphatic carbocycles. The topological polar surface area (TPSA) is 107 Å². The Balaban J connectivity index is 1.24. The van der Waals surface area contributed by atoms with Gasteiger partial charge < -0.3 is 19.9 Å². The molecule has 0 radical (unpaired) electrons. The van der Waals surface area contributed by atoms with E-state index in [1.165, 1.54) is 31.7 Å². The van der Waals surface area contributed by atoms with E-state index in [4.69, 9.17) is 5.10 Å². The fraction of sp³-hybridized carbons (Fsp3) is 0.353. The number of imidazole rings is 1. The molecule has 2 amide bonds. The van der Waals surface area contributed by atoms with Crippen molar-refractivity contribution in [2.75, 3.05) is 12.4 Å². The maximum absolute atomic E-state index is 13.8. The highest BCUT2D eigenvalue weighted by Gasteiger charge is 2.46. The summed E-state index contributed by atoms with van der Waals surface area (Å²) in [7, 11) is 3.26. The zero-order chi connectivity index (χ0) is 30.8. The lowest BCUT2D eigenvalue weighted by Crippen LogP contribution is -2.61. The van der Waals surface area contributed by atoms with E-state index >= 15 is 0 Å². The molecule has 0 bridgehead atoms. The van der Waals surface area contributed by atoms with Crippen molar-refractivity contribution in [1.82, 2.24) is 19.5 Å². The Morgan fingerprint density at radius 3 is 2.34 bits per heavy atom. The first-order chi connectivity index (χ1) is 21.3. The highest BCUT2D eigenvalue weighted by Crippen LogP contribution is 2.40. The van der Waals surface area contributed by atoms with Crippen LogP contribution in [0.2, 0.25) is 0 Å². The number of halogens is 1. The largest absolute Gasteiger partial charge is 0.466 e. The fourth-order valence-corrected chi connectivity index (χ4v) is 6.36.